The van der Waals surface area contributed by atoms with Crippen LogP contribution in [0.25, 0.3) is 0 Å². The summed E-state index contributed by atoms with van der Waals surface area (Å²) in [4.78, 5) is 57.9. The number of pyridine rings is 1. The molecule has 2 fully saturated rings. The van der Waals surface area contributed by atoms with Gasteiger partial charge < -0.3 is 5.32 Å². The summed E-state index contributed by atoms with van der Waals surface area (Å²) in [6.07, 6.45) is 3.98. The SMILES string of the molecule is Cc1cc(CNc2cccc3c2C(=O)N(C2CCC(=O)NC2=O)C3=O)ccc1CN1CC(c2cccnc2)C1. The first kappa shape index (κ1) is 24.9. The van der Waals surface area contributed by atoms with E-state index in [0.717, 1.165) is 30.1 Å². The molecule has 4 heterocycles. The maximum atomic E-state index is 13.3. The van der Waals surface area contributed by atoms with Crippen LogP contribution in [0, 0.1) is 6.92 Å². The summed E-state index contributed by atoms with van der Waals surface area (Å²) >= 11 is 0. The molecular formula is C30H29N5O4. The van der Waals surface area contributed by atoms with Crippen LogP contribution in [0.2, 0.25) is 0 Å². The van der Waals surface area contributed by atoms with E-state index >= 15 is 0 Å². The second-order valence-electron chi connectivity index (χ2n) is 10.5. The minimum Gasteiger partial charge on any atom is -0.380 e. The molecule has 4 amide bonds. The molecule has 2 aromatic carbocycles. The third kappa shape index (κ3) is 4.70. The van der Waals surface area contributed by atoms with Crippen molar-refractivity contribution in [1.29, 1.82) is 0 Å². The number of aromatic nitrogens is 1. The van der Waals surface area contributed by atoms with Crippen LogP contribution in [0.1, 0.15) is 61.7 Å². The third-order valence-corrected chi connectivity index (χ3v) is 7.87. The number of nitrogens with one attached hydrogen (secondary N) is 2. The fourth-order valence-corrected chi connectivity index (χ4v) is 5.67. The number of hydrogen-bond donors (Lipinski definition) is 2. The lowest BCUT2D eigenvalue weighted by Gasteiger charge is -2.39. The Bertz CT molecular complexity index is 1480. The summed E-state index contributed by atoms with van der Waals surface area (Å²) in [5.74, 6) is -1.49. The Morgan fingerprint density at radius 1 is 1.03 bits per heavy atom. The Morgan fingerprint density at radius 2 is 1.87 bits per heavy atom. The fraction of sp³-hybridized carbons (Fsp3) is 0.300. The molecule has 0 spiro atoms. The zero-order valence-electron chi connectivity index (χ0n) is 21.6. The summed E-state index contributed by atoms with van der Waals surface area (Å²) in [6.45, 7) is 5.53. The molecule has 0 aliphatic carbocycles. The Hall–Kier alpha value is -4.37. The largest absolute Gasteiger partial charge is 0.380 e. The highest BCUT2D eigenvalue weighted by atomic mass is 16.2. The van der Waals surface area contributed by atoms with Gasteiger partial charge in [0.25, 0.3) is 11.8 Å². The Balaban J connectivity index is 1.10. The van der Waals surface area contributed by atoms with E-state index in [0.29, 0.717) is 18.2 Å². The van der Waals surface area contributed by atoms with Crippen molar-refractivity contribution in [2.24, 2.45) is 0 Å². The number of imide groups is 2. The monoisotopic (exact) mass is 523 g/mol. The van der Waals surface area contributed by atoms with Crippen LogP contribution in [-0.4, -0.2) is 57.5 Å². The molecule has 3 aromatic rings. The van der Waals surface area contributed by atoms with Gasteiger partial charge in [0.05, 0.1) is 11.1 Å². The van der Waals surface area contributed by atoms with Gasteiger partial charge in [0.2, 0.25) is 11.8 Å². The van der Waals surface area contributed by atoms with Crippen LogP contribution in [-0.2, 0) is 22.7 Å². The van der Waals surface area contributed by atoms with Crippen LogP contribution >= 0.6 is 0 Å². The lowest BCUT2D eigenvalue weighted by atomic mass is 9.92. The van der Waals surface area contributed by atoms with Crippen molar-refractivity contribution in [3.05, 3.63) is 94.3 Å². The zero-order valence-corrected chi connectivity index (χ0v) is 21.6. The number of rotatable bonds is 7. The van der Waals surface area contributed by atoms with Gasteiger partial charge >= 0.3 is 0 Å². The van der Waals surface area contributed by atoms with Crippen molar-refractivity contribution in [3.8, 4) is 0 Å². The molecule has 3 aliphatic heterocycles. The second-order valence-corrected chi connectivity index (χ2v) is 10.5. The number of benzene rings is 2. The second kappa shape index (κ2) is 10.1. The Kier molecular flexibility index (Phi) is 6.44. The van der Waals surface area contributed by atoms with Crippen LogP contribution < -0.4 is 10.6 Å². The van der Waals surface area contributed by atoms with Gasteiger partial charge in [0.1, 0.15) is 6.04 Å². The smallest absolute Gasteiger partial charge is 0.264 e. The van der Waals surface area contributed by atoms with Crippen molar-refractivity contribution in [2.45, 2.75) is 44.8 Å². The molecule has 9 nitrogen and oxygen atoms in total. The molecule has 3 aliphatic rings. The predicted octanol–water partition coefficient (Wildman–Crippen LogP) is 3.00. The van der Waals surface area contributed by atoms with Gasteiger partial charge in [-0.25, -0.2) is 0 Å². The normalized spacial score (nSPS) is 19.6. The van der Waals surface area contributed by atoms with E-state index in [-0.39, 0.29) is 24.0 Å². The quantitative estimate of drug-likeness (QED) is 0.458. The number of piperidine rings is 1. The number of anilines is 1. The number of aryl methyl sites for hydroxylation is 1. The van der Waals surface area contributed by atoms with E-state index in [2.05, 4.69) is 51.7 Å². The first-order valence-corrected chi connectivity index (χ1v) is 13.2. The number of nitrogens with zero attached hydrogens (tertiary/aromatic N) is 3. The Labute approximate surface area is 226 Å². The van der Waals surface area contributed by atoms with Crippen molar-refractivity contribution < 1.29 is 19.2 Å². The van der Waals surface area contributed by atoms with Crippen molar-refractivity contribution in [2.75, 3.05) is 18.4 Å². The van der Waals surface area contributed by atoms with Crippen molar-refractivity contribution in [1.82, 2.24) is 20.1 Å². The molecule has 1 aromatic heterocycles. The van der Waals surface area contributed by atoms with Gasteiger partial charge in [-0.15, -0.1) is 0 Å². The average molecular weight is 524 g/mol. The molecule has 39 heavy (non-hydrogen) atoms. The number of amides is 4. The van der Waals surface area contributed by atoms with Crippen LogP contribution in [0.4, 0.5) is 5.69 Å². The van der Waals surface area contributed by atoms with E-state index < -0.39 is 29.7 Å². The summed E-state index contributed by atoms with van der Waals surface area (Å²) < 4.78 is 0. The maximum absolute atomic E-state index is 13.3. The van der Waals surface area contributed by atoms with Crippen LogP contribution in [0.3, 0.4) is 0 Å². The molecular weight excluding hydrogens is 494 g/mol. The molecule has 0 saturated carbocycles. The molecule has 0 radical (unpaired) electrons. The summed E-state index contributed by atoms with van der Waals surface area (Å²) in [5.41, 5.74) is 5.91. The molecule has 9 heteroatoms. The first-order valence-electron chi connectivity index (χ1n) is 13.2. The number of hydrogen-bond acceptors (Lipinski definition) is 7. The molecule has 0 bridgehead atoms. The molecule has 6 rings (SSSR count). The van der Waals surface area contributed by atoms with Gasteiger partial charge in [-0.3, -0.25) is 39.3 Å². The zero-order chi connectivity index (χ0) is 27.1. The van der Waals surface area contributed by atoms with Gasteiger partial charge in [-0.05, 0) is 53.8 Å². The standard InChI is InChI=1S/C30H29N5O4/c1-18-12-19(7-8-21(18)15-34-16-22(17-34)20-4-3-11-31-14-20)13-32-24-6-2-5-23-27(24)30(39)35(29(23)38)25-9-10-26(36)33-28(25)37/h2-8,11-12,14,22,25,32H,9-10,13,15-17H2,1H3,(H,33,36,37). The first-order chi connectivity index (χ1) is 18.9. The predicted molar refractivity (Wildman–Crippen MR) is 144 cm³/mol. The molecule has 198 valence electrons. The third-order valence-electron chi connectivity index (χ3n) is 7.87. The van der Waals surface area contributed by atoms with E-state index in [4.69, 9.17) is 0 Å². The van der Waals surface area contributed by atoms with Crippen LogP contribution in [0.5, 0.6) is 0 Å². The average Bonchev–Trinajstić information content (AvgIpc) is 3.16. The summed E-state index contributed by atoms with van der Waals surface area (Å²) in [7, 11) is 0. The number of likely N-dealkylation sites (tertiary alicyclic amines) is 1. The summed E-state index contributed by atoms with van der Waals surface area (Å²) in [5, 5.41) is 5.55. The van der Waals surface area contributed by atoms with E-state index in [1.54, 1.807) is 24.4 Å². The van der Waals surface area contributed by atoms with Gasteiger partial charge in [-0.1, -0.05) is 30.3 Å². The highest BCUT2D eigenvalue weighted by Gasteiger charge is 2.45. The highest BCUT2D eigenvalue weighted by Crippen LogP contribution is 2.33. The molecule has 1 unspecified atom stereocenters. The molecule has 2 saturated heterocycles. The van der Waals surface area contributed by atoms with Gasteiger partial charge in [0, 0.05) is 56.6 Å². The molecule has 1 atom stereocenters. The summed E-state index contributed by atoms with van der Waals surface area (Å²) in [6, 6.07) is 14.6. The minimum absolute atomic E-state index is 0.0904. The van der Waals surface area contributed by atoms with Gasteiger partial charge in [0.15, 0.2) is 0 Å². The van der Waals surface area contributed by atoms with E-state index in [1.807, 2.05) is 12.3 Å². The number of carbonyl (C=O) groups is 4. The van der Waals surface area contributed by atoms with E-state index in [9.17, 15) is 19.2 Å². The fourth-order valence-electron chi connectivity index (χ4n) is 5.67. The number of carbonyl (C=O) groups excluding carboxylic acids is 4. The number of fused-ring (bicyclic) bond motifs is 1. The maximum Gasteiger partial charge on any atom is 0.264 e. The highest BCUT2D eigenvalue weighted by molar-refractivity contribution is 6.25. The minimum atomic E-state index is -0.982. The van der Waals surface area contributed by atoms with Crippen molar-refractivity contribution >= 4 is 29.3 Å². The topological polar surface area (TPSA) is 112 Å². The van der Waals surface area contributed by atoms with Gasteiger partial charge in [-0.2, -0.15) is 0 Å². The Morgan fingerprint density at radius 3 is 2.62 bits per heavy atom. The van der Waals surface area contributed by atoms with Crippen molar-refractivity contribution in [3.63, 3.8) is 0 Å². The lowest BCUT2D eigenvalue weighted by molar-refractivity contribution is -0.136. The van der Waals surface area contributed by atoms with Crippen LogP contribution in [0.15, 0.2) is 60.9 Å². The van der Waals surface area contributed by atoms with E-state index in [1.165, 1.54) is 16.7 Å². The lowest BCUT2D eigenvalue weighted by Crippen LogP contribution is -2.54. The molecule has 2 N–H and O–H groups in total.